The summed E-state index contributed by atoms with van der Waals surface area (Å²) < 4.78 is 7.37. The zero-order valence-electron chi connectivity index (χ0n) is 13.7. The number of anilines is 2. The molecule has 3 N–H and O–H groups in total. The Morgan fingerprint density at radius 2 is 1.88 bits per heavy atom. The first-order valence-corrected chi connectivity index (χ1v) is 8.41. The van der Waals surface area contributed by atoms with Crippen LogP contribution in [0.1, 0.15) is 29.6 Å². The van der Waals surface area contributed by atoms with Crippen molar-refractivity contribution in [2.45, 2.75) is 18.5 Å². The molecule has 1 aromatic heterocycles. The summed E-state index contributed by atoms with van der Waals surface area (Å²) >= 11 is 6.41. The first-order valence-electron chi connectivity index (χ1n) is 8.03. The van der Waals surface area contributed by atoms with Crippen molar-refractivity contribution in [3.63, 3.8) is 0 Å². The fourth-order valence-electron chi connectivity index (χ4n) is 3.36. The Balaban J connectivity index is 1.81. The number of methoxy groups -OCH3 is 1. The van der Waals surface area contributed by atoms with E-state index in [1.165, 1.54) is 0 Å². The number of nitrogens with two attached hydrogens (primary N) is 1. The molecular formula is C18H18ClN5O. The molecule has 0 fully saturated rings. The monoisotopic (exact) mass is 355 g/mol. The Kier molecular flexibility index (Phi) is 3.97. The number of hydrogen-bond donors (Lipinski definition) is 2. The number of ether oxygens (including phenoxy) is 1. The lowest BCUT2D eigenvalue weighted by Crippen LogP contribution is -2.28. The van der Waals surface area contributed by atoms with E-state index >= 15 is 0 Å². The predicted molar refractivity (Wildman–Crippen MR) is 98.0 cm³/mol. The van der Waals surface area contributed by atoms with Gasteiger partial charge in [-0.3, -0.25) is 0 Å². The Hall–Kier alpha value is -2.73. The number of benzene rings is 2. The molecule has 7 heteroatoms. The highest BCUT2D eigenvalue weighted by molar-refractivity contribution is 6.31. The van der Waals surface area contributed by atoms with Gasteiger partial charge in [0.15, 0.2) is 0 Å². The van der Waals surface area contributed by atoms with Gasteiger partial charge in [-0.1, -0.05) is 48.0 Å². The minimum absolute atomic E-state index is 0.000266. The number of para-hydroxylation sites is 1. The van der Waals surface area contributed by atoms with Crippen LogP contribution in [0.15, 0.2) is 48.5 Å². The highest BCUT2D eigenvalue weighted by atomic mass is 35.5. The molecule has 2 atom stereocenters. The minimum atomic E-state index is -0.0570. The van der Waals surface area contributed by atoms with Gasteiger partial charge in [0.25, 0.3) is 0 Å². The van der Waals surface area contributed by atoms with Gasteiger partial charge in [-0.25, -0.2) is 4.68 Å². The number of fused-ring (bicyclic) bond motifs is 1. The Morgan fingerprint density at radius 3 is 2.64 bits per heavy atom. The van der Waals surface area contributed by atoms with E-state index in [2.05, 4.69) is 15.4 Å². The van der Waals surface area contributed by atoms with Crippen LogP contribution >= 0.6 is 11.6 Å². The maximum atomic E-state index is 6.41. The molecule has 0 amide bonds. The quantitative estimate of drug-likeness (QED) is 0.749. The summed E-state index contributed by atoms with van der Waals surface area (Å²) in [5, 5.41) is 8.49. The fraction of sp³-hybridized carbons (Fsp3) is 0.222. The van der Waals surface area contributed by atoms with E-state index < -0.39 is 0 Å². The van der Waals surface area contributed by atoms with Gasteiger partial charge in [-0.05, 0) is 24.1 Å². The standard InChI is InChI=1S/C18H18ClN5O/c1-25-16-9-5-3-7-12(16)15-10-14(11-6-2-4-8-13(11)19)21-18-22-17(20)23-24(15)18/h2-9,14-15H,10H2,1H3,(H3,20,21,22,23). The van der Waals surface area contributed by atoms with Crippen molar-refractivity contribution in [3.8, 4) is 5.75 Å². The average molecular weight is 356 g/mol. The lowest BCUT2D eigenvalue weighted by Gasteiger charge is -2.32. The lowest BCUT2D eigenvalue weighted by atomic mass is 9.93. The van der Waals surface area contributed by atoms with Gasteiger partial charge < -0.3 is 15.8 Å². The van der Waals surface area contributed by atoms with Gasteiger partial charge in [0.1, 0.15) is 5.75 Å². The summed E-state index contributed by atoms with van der Waals surface area (Å²) in [5.74, 6) is 1.68. The zero-order chi connectivity index (χ0) is 17.4. The van der Waals surface area contributed by atoms with Gasteiger partial charge >= 0.3 is 0 Å². The van der Waals surface area contributed by atoms with E-state index in [1.807, 2.05) is 53.2 Å². The van der Waals surface area contributed by atoms with Crippen molar-refractivity contribution in [1.82, 2.24) is 14.8 Å². The SMILES string of the molecule is COc1ccccc1C1CC(c2ccccc2Cl)Nc2nc(N)nn21. The molecule has 25 heavy (non-hydrogen) atoms. The maximum absolute atomic E-state index is 6.41. The number of rotatable bonds is 3. The van der Waals surface area contributed by atoms with E-state index in [1.54, 1.807) is 7.11 Å². The summed E-state index contributed by atoms with van der Waals surface area (Å²) in [6.45, 7) is 0. The number of halogens is 1. The van der Waals surface area contributed by atoms with Gasteiger partial charge in [0.2, 0.25) is 11.9 Å². The van der Waals surface area contributed by atoms with Crippen molar-refractivity contribution >= 4 is 23.5 Å². The van der Waals surface area contributed by atoms with Crippen molar-refractivity contribution in [2.24, 2.45) is 0 Å². The molecule has 0 radical (unpaired) electrons. The molecule has 0 bridgehead atoms. The van der Waals surface area contributed by atoms with Gasteiger partial charge in [0, 0.05) is 10.6 Å². The van der Waals surface area contributed by atoms with Crippen LogP contribution in [0, 0.1) is 0 Å². The Bertz CT molecular complexity index is 910. The topological polar surface area (TPSA) is 78.0 Å². The number of aromatic nitrogens is 3. The van der Waals surface area contributed by atoms with Crippen LogP contribution in [0.5, 0.6) is 5.75 Å². The van der Waals surface area contributed by atoms with Crippen molar-refractivity contribution in [3.05, 3.63) is 64.7 Å². The van der Waals surface area contributed by atoms with Crippen LogP contribution < -0.4 is 15.8 Å². The summed E-state index contributed by atoms with van der Waals surface area (Å²) in [6, 6.07) is 15.7. The van der Waals surface area contributed by atoms with Gasteiger partial charge in [-0.2, -0.15) is 4.98 Å². The third-order valence-electron chi connectivity index (χ3n) is 4.48. The molecule has 0 saturated heterocycles. The molecule has 3 aromatic rings. The molecule has 2 heterocycles. The molecule has 2 aromatic carbocycles. The van der Waals surface area contributed by atoms with Crippen LogP contribution in [-0.4, -0.2) is 21.9 Å². The second-order valence-electron chi connectivity index (χ2n) is 5.95. The lowest BCUT2D eigenvalue weighted by molar-refractivity contribution is 0.380. The first-order chi connectivity index (χ1) is 12.2. The van der Waals surface area contributed by atoms with Crippen LogP contribution in [0.2, 0.25) is 5.02 Å². The van der Waals surface area contributed by atoms with Crippen LogP contribution in [0.3, 0.4) is 0 Å². The highest BCUT2D eigenvalue weighted by Gasteiger charge is 2.33. The van der Waals surface area contributed by atoms with Crippen molar-refractivity contribution < 1.29 is 4.74 Å². The molecule has 6 nitrogen and oxygen atoms in total. The molecule has 1 aliphatic heterocycles. The summed E-state index contributed by atoms with van der Waals surface area (Å²) in [5.41, 5.74) is 7.90. The number of hydrogen-bond acceptors (Lipinski definition) is 5. The largest absolute Gasteiger partial charge is 0.496 e. The van der Waals surface area contributed by atoms with Gasteiger partial charge in [0.05, 0.1) is 19.2 Å². The molecule has 4 rings (SSSR count). The average Bonchev–Trinajstić information content (AvgIpc) is 3.01. The molecular weight excluding hydrogens is 338 g/mol. The Labute approximate surface area is 150 Å². The number of nitrogens with zero attached hydrogens (tertiary/aromatic N) is 3. The van der Waals surface area contributed by atoms with Crippen LogP contribution in [0.25, 0.3) is 0 Å². The summed E-state index contributed by atoms with van der Waals surface area (Å²) in [6.07, 6.45) is 0.750. The molecule has 0 spiro atoms. The van der Waals surface area contributed by atoms with E-state index in [-0.39, 0.29) is 18.0 Å². The first kappa shape index (κ1) is 15.8. The Morgan fingerprint density at radius 1 is 1.16 bits per heavy atom. The number of nitrogens with one attached hydrogen (secondary N) is 1. The van der Waals surface area contributed by atoms with Crippen molar-refractivity contribution in [1.29, 1.82) is 0 Å². The highest BCUT2D eigenvalue weighted by Crippen LogP contribution is 2.42. The van der Waals surface area contributed by atoms with Crippen LogP contribution in [-0.2, 0) is 0 Å². The second-order valence-corrected chi connectivity index (χ2v) is 6.36. The zero-order valence-corrected chi connectivity index (χ0v) is 14.4. The fourth-order valence-corrected chi connectivity index (χ4v) is 3.62. The van der Waals surface area contributed by atoms with Crippen molar-refractivity contribution in [2.75, 3.05) is 18.2 Å². The second kappa shape index (κ2) is 6.29. The van der Waals surface area contributed by atoms with E-state index in [9.17, 15) is 0 Å². The smallest absolute Gasteiger partial charge is 0.241 e. The maximum Gasteiger partial charge on any atom is 0.241 e. The normalized spacial score (nSPS) is 19.1. The molecule has 0 saturated carbocycles. The number of nitrogen functional groups attached to an aromatic ring is 1. The molecule has 1 aliphatic rings. The van der Waals surface area contributed by atoms with E-state index in [4.69, 9.17) is 22.1 Å². The minimum Gasteiger partial charge on any atom is -0.496 e. The summed E-state index contributed by atoms with van der Waals surface area (Å²) in [7, 11) is 1.67. The predicted octanol–water partition coefficient (Wildman–Crippen LogP) is 3.67. The molecule has 128 valence electrons. The van der Waals surface area contributed by atoms with E-state index in [0.29, 0.717) is 5.95 Å². The van der Waals surface area contributed by atoms with E-state index in [0.717, 1.165) is 28.3 Å². The summed E-state index contributed by atoms with van der Waals surface area (Å²) in [4.78, 5) is 4.32. The van der Waals surface area contributed by atoms with Gasteiger partial charge in [-0.15, -0.1) is 5.10 Å². The third-order valence-corrected chi connectivity index (χ3v) is 4.83. The molecule has 0 aliphatic carbocycles. The third kappa shape index (κ3) is 2.78. The molecule has 2 unspecified atom stereocenters. The van der Waals surface area contributed by atoms with Crippen LogP contribution in [0.4, 0.5) is 11.9 Å².